The lowest BCUT2D eigenvalue weighted by molar-refractivity contribution is 0.0697. The number of carboxylic acid groups (broad SMARTS) is 1. The van der Waals surface area contributed by atoms with E-state index in [2.05, 4.69) is 24.5 Å². The molecule has 12 heavy (non-hydrogen) atoms. The van der Waals surface area contributed by atoms with Gasteiger partial charge in [-0.15, -0.1) is 11.3 Å². The van der Waals surface area contributed by atoms with E-state index in [9.17, 15) is 4.79 Å². The molecule has 0 aliphatic carbocycles. The van der Waals surface area contributed by atoms with Gasteiger partial charge in [-0.2, -0.15) is 12.6 Å². The maximum Gasteiger partial charge on any atom is 0.337 e. The maximum atomic E-state index is 10.6. The molecule has 0 saturated carbocycles. The van der Waals surface area contributed by atoms with Crippen molar-refractivity contribution in [3.8, 4) is 11.8 Å². The van der Waals surface area contributed by atoms with Crippen LogP contribution in [0, 0.1) is 11.8 Å². The normalized spacial score (nSPS) is 8.75. The first-order valence-electron chi connectivity index (χ1n) is 3.16. The Balaban J connectivity index is 2.99. The molecular formula is C8H6O2S2. The Hall–Kier alpha value is -0.920. The van der Waals surface area contributed by atoms with Crippen molar-refractivity contribution in [3.05, 3.63) is 21.9 Å². The summed E-state index contributed by atoms with van der Waals surface area (Å²) >= 11 is 5.23. The van der Waals surface area contributed by atoms with Crippen LogP contribution in [0.5, 0.6) is 0 Å². The summed E-state index contributed by atoms with van der Waals surface area (Å²) in [7, 11) is 0. The van der Waals surface area contributed by atoms with Crippen LogP contribution in [-0.2, 0) is 0 Å². The summed E-state index contributed by atoms with van der Waals surface area (Å²) in [4.78, 5) is 11.2. The van der Waals surface area contributed by atoms with Crippen LogP contribution in [0.15, 0.2) is 11.4 Å². The molecule has 0 bridgehead atoms. The van der Waals surface area contributed by atoms with Crippen LogP contribution in [0.1, 0.15) is 15.2 Å². The fourth-order valence-corrected chi connectivity index (χ4v) is 1.53. The Bertz CT molecular complexity index is 343. The molecule has 0 spiro atoms. The van der Waals surface area contributed by atoms with E-state index in [1.165, 1.54) is 11.3 Å². The number of hydrogen-bond donors (Lipinski definition) is 2. The number of carbonyl (C=O) groups is 1. The molecule has 0 amide bonds. The predicted octanol–water partition coefficient (Wildman–Crippen LogP) is 1.73. The molecule has 0 radical (unpaired) electrons. The van der Waals surface area contributed by atoms with Gasteiger partial charge in [0.15, 0.2) is 0 Å². The molecule has 0 aliphatic heterocycles. The van der Waals surface area contributed by atoms with Crippen molar-refractivity contribution in [1.29, 1.82) is 0 Å². The van der Waals surface area contributed by atoms with Gasteiger partial charge in [0.25, 0.3) is 0 Å². The van der Waals surface area contributed by atoms with Gasteiger partial charge in [-0.25, -0.2) is 4.79 Å². The molecule has 0 aromatic carbocycles. The molecule has 1 aromatic rings. The van der Waals surface area contributed by atoms with Gasteiger partial charge in [-0.1, -0.05) is 11.8 Å². The molecule has 0 unspecified atom stereocenters. The third-order valence-electron chi connectivity index (χ3n) is 1.18. The van der Waals surface area contributed by atoms with Crippen molar-refractivity contribution < 1.29 is 9.90 Å². The van der Waals surface area contributed by atoms with Gasteiger partial charge in [-0.3, -0.25) is 0 Å². The van der Waals surface area contributed by atoms with E-state index in [0.29, 0.717) is 10.6 Å². The third-order valence-corrected chi connectivity index (χ3v) is 2.16. The molecule has 0 aliphatic rings. The van der Waals surface area contributed by atoms with Gasteiger partial charge in [-0.05, 0) is 11.4 Å². The second kappa shape index (κ2) is 4.19. The lowest BCUT2D eigenvalue weighted by Crippen LogP contribution is -1.95. The van der Waals surface area contributed by atoms with Crippen molar-refractivity contribution >= 4 is 29.9 Å². The molecule has 1 N–H and O–H groups in total. The second-order valence-electron chi connectivity index (χ2n) is 1.93. The first-order chi connectivity index (χ1) is 5.75. The first-order valence-corrected chi connectivity index (χ1v) is 4.67. The summed E-state index contributed by atoms with van der Waals surface area (Å²) < 4.78 is 0. The highest BCUT2D eigenvalue weighted by Crippen LogP contribution is 2.14. The smallest absolute Gasteiger partial charge is 0.337 e. The number of rotatable bonds is 1. The molecule has 1 heterocycles. The molecule has 0 atom stereocenters. The van der Waals surface area contributed by atoms with Gasteiger partial charge in [0.1, 0.15) is 0 Å². The number of aromatic carboxylic acids is 1. The van der Waals surface area contributed by atoms with Crippen molar-refractivity contribution in [2.75, 3.05) is 5.75 Å². The Labute approximate surface area is 79.6 Å². The lowest BCUT2D eigenvalue weighted by Gasteiger charge is -1.87. The molecule has 62 valence electrons. The molecule has 1 rings (SSSR count). The molecule has 1 aromatic heterocycles. The van der Waals surface area contributed by atoms with Gasteiger partial charge in [0, 0.05) is 0 Å². The maximum absolute atomic E-state index is 10.6. The van der Waals surface area contributed by atoms with E-state index < -0.39 is 5.97 Å². The molecular weight excluding hydrogens is 192 g/mol. The van der Waals surface area contributed by atoms with Crippen molar-refractivity contribution in [1.82, 2.24) is 0 Å². The summed E-state index contributed by atoms with van der Waals surface area (Å²) in [5.41, 5.74) is 0.272. The van der Waals surface area contributed by atoms with Gasteiger partial charge < -0.3 is 5.11 Å². The minimum Gasteiger partial charge on any atom is -0.478 e. The number of carboxylic acids is 1. The van der Waals surface area contributed by atoms with Crippen molar-refractivity contribution in [2.24, 2.45) is 0 Å². The van der Waals surface area contributed by atoms with Crippen LogP contribution < -0.4 is 0 Å². The zero-order valence-corrected chi connectivity index (χ0v) is 7.78. The van der Waals surface area contributed by atoms with Crippen molar-refractivity contribution in [2.45, 2.75) is 0 Å². The predicted molar refractivity (Wildman–Crippen MR) is 52.0 cm³/mol. The zero-order valence-electron chi connectivity index (χ0n) is 6.07. The summed E-state index contributed by atoms with van der Waals surface area (Å²) in [6.07, 6.45) is 0. The molecule has 4 heteroatoms. The van der Waals surface area contributed by atoms with E-state index in [1.54, 1.807) is 11.4 Å². The van der Waals surface area contributed by atoms with E-state index in [-0.39, 0.29) is 5.56 Å². The molecule has 0 saturated heterocycles. The number of hydrogen-bond acceptors (Lipinski definition) is 3. The highest BCUT2D eigenvalue weighted by Gasteiger charge is 2.08. The largest absolute Gasteiger partial charge is 0.478 e. The fraction of sp³-hybridized carbons (Fsp3) is 0.125. The van der Waals surface area contributed by atoms with E-state index in [1.807, 2.05) is 0 Å². The molecule has 0 fully saturated rings. The minimum atomic E-state index is -0.931. The first kappa shape index (κ1) is 9.17. The summed E-state index contributed by atoms with van der Waals surface area (Å²) in [5, 5.41) is 10.4. The van der Waals surface area contributed by atoms with Gasteiger partial charge in [0.2, 0.25) is 0 Å². The minimum absolute atomic E-state index is 0.272. The van der Waals surface area contributed by atoms with Crippen LogP contribution in [0.3, 0.4) is 0 Å². The van der Waals surface area contributed by atoms with Crippen LogP contribution in [0.2, 0.25) is 0 Å². The van der Waals surface area contributed by atoms with Gasteiger partial charge >= 0.3 is 5.97 Å². The highest BCUT2D eigenvalue weighted by atomic mass is 32.1. The third kappa shape index (κ3) is 2.03. The fourth-order valence-electron chi connectivity index (χ4n) is 0.694. The zero-order chi connectivity index (χ0) is 8.97. The SMILES string of the molecule is O=C(O)c1ccsc1C#CCS. The van der Waals surface area contributed by atoms with Crippen LogP contribution >= 0.6 is 24.0 Å². The number of thiophene rings is 1. The van der Waals surface area contributed by atoms with Crippen LogP contribution in [0.25, 0.3) is 0 Å². The van der Waals surface area contributed by atoms with E-state index in [0.717, 1.165) is 0 Å². The summed E-state index contributed by atoms with van der Waals surface area (Å²) in [6.45, 7) is 0. The Morgan fingerprint density at radius 2 is 2.50 bits per heavy atom. The van der Waals surface area contributed by atoms with Crippen LogP contribution in [0.4, 0.5) is 0 Å². The van der Waals surface area contributed by atoms with E-state index in [4.69, 9.17) is 5.11 Å². The average Bonchev–Trinajstić information content (AvgIpc) is 2.48. The monoisotopic (exact) mass is 198 g/mol. The van der Waals surface area contributed by atoms with Crippen molar-refractivity contribution in [3.63, 3.8) is 0 Å². The Morgan fingerprint density at radius 1 is 1.75 bits per heavy atom. The number of thiol groups is 1. The topological polar surface area (TPSA) is 37.3 Å². The standard InChI is InChI=1S/C8H6O2S2/c9-8(10)6-3-5-12-7(6)2-1-4-11/h3,5,11H,4H2,(H,9,10). The average molecular weight is 198 g/mol. The molecule has 2 nitrogen and oxygen atoms in total. The Morgan fingerprint density at radius 3 is 3.08 bits per heavy atom. The quantitative estimate of drug-likeness (QED) is 0.532. The Kier molecular flexibility index (Phi) is 3.20. The van der Waals surface area contributed by atoms with E-state index >= 15 is 0 Å². The van der Waals surface area contributed by atoms with Crippen LogP contribution in [-0.4, -0.2) is 16.8 Å². The summed E-state index contributed by atoms with van der Waals surface area (Å²) in [5.74, 6) is 4.95. The second-order valence-corrected chi connectivity index (χ2v) is 3.16. The summed E-state index contributed by atoms with van der Waals surface area (Å²) in [6, 6.07) is 1.55. The lowest BCUT2D eigenvalue weighted by atomic mass is 10.2. The highest BCUT2D eigenvalue weighted by molar-refractivity contribution is 7.80. The van der Waals surface area contributed by atoms with Gasteiger partial charge in [0.05, 0.1) is 16.2 Å².